The number of para-hydroxylation sites is 1. The van der Waals surface area contributed by atoms with Crippen molar-refractivity contribution in [1.82, 2.24) is 19.7 Å². The van der Waals surface area contributed by atoms with Crippen LogP contribution in [-0.4, -0.2) is 44.7 Å². The first-order valence-electron chi connectivity index (χ1n) is 15.6. The SMILES string of the molecule is Cc1ccc(-n2nc(C(C)(C)C)cc2NC(=O)Nc2ccccc2CC2CCN(C(=O)c3nccc4ccccc34)CC2)cc1. The van der Waals surface area contributed by atoms with E-state index in [4.69, 9.17) is 5.10 Å². The Balaban J connectivity index is 1.11. The third-order valence-electron chi connectivity index (χ3n) is 8.55. The van der Waals surface area contributed by atoms with Gasteiger partial charge in [0.25, 0.3) is 5.91 Å². The monoisotopic (exact) mass is 600 g/mol. The molecule has 0 radical (unpaired) electrons. The lowest BCUT2D eigenvalue weighted by atomic mass is 9.89. The molecule has 0 saturated carbocycles. The lowest BCUT2D eigenvalue weighted by molar-refractivity contribution is 0.0687. The minimum atomic E-state index is -0.320. The molecule has 0 aliphatic carbocycles. The standard InChI is InChI=1S/C37H40N6O2/c1-25-13-15-29(16-14-25)43-33(24-32(41-43)37(2,3)4)40-36(45)39-31-12-8-6-10-28(31)23-26-18-21-42(22-19-26)35(44)34-30-11-7-5-9-27(30)17-20-38-34/h5-17,20,24,26H,18-19,21-23H2,1-4H3,(H2,39,40,45). The second-order valence-corrected chi connectivity index (χ2v) is 13.0. The summed E-state index contributed by atoms with van der Waals surface area (Å²) in [6, 6.07) is 27.5. The fraction of sp³-hybridized carbons (Fsp3) is 0.297. The van der Waals surface area contributed by atoms with Gasteiger partial charge in [-0.15, -0.1) is 0 Å². The van der Waals surface area contributed by atoms with Gasteiger partial charge in [0.05, 0.1) is 11.4 Å². The molecule has 230 valence electrons. The van der Waals surface area contributed by atoms with Crippen molar-refractivity contribution in [1.29, 1.82) is 0 Å². The van der Waals surface area contributed by atoms with Gasteiger partial charge in [0, 0.05) is 41.8 Å². The highest BCUT2D eigenvalue weighted by Crippen LogP contribution is 2.29. The van der Waals surface area contributed by atoms with Crippen LogP contribution in [0.4, 0.5) is 16.3 Å². The molecule has 8 nitrogen and oxygen atoms in total. The fourth-order valence-corrected chi connectivity index (χ4v) is 5.90. The molecule has 3 aromatic carbocycles. The zero-order valence-corrected chi connectivity index (χ0v) is 26.4. The number of aromatic nitrogens is 3. The van der Waals surface area contributed by atoms with Gasteiger partial charge < -0.3 is 10.2 Å². The minimum absolute atomic E-state index is 0.0107. The molecule has 1 fully saturated rings. The van der Waals surface area contributed by atoms with Crippen LogP contribution in [0.3, 0.4) is 0 Å². The van der Waals surface area contributed by atoms with E-state index < -0.39 is 0 Å². The van der Waals surface area contributed by atoms with E-state index in [0.29, 0.717) is 30.5 Å². The molecule has 3 heterocycles. The normalized spacial score (nSPS) is 14.0. The van der Waals surface area contributed by atoms with Crippen LogP contribution in [0.5, 0.6) is 0 Å². The highest BCUT2D eigenvalue weighted by atomic mass is 16.2. The summed E-state index contributed by atoms with van der Waals surface area (Å²) < 4.78 is 1.79. The third kappa shape index (κ3) is 6.75. The second-order valence-electron chi connectivity index (χ2n) is 13.0. The first-order chi connectivity index (χ1) is 21.7. The van der Waals surface area contributed by atoms with Crippen molar-refractivity contribution in [2.24, 2.45) is 5.92 Å². The molecular weight excluding hydrogens is 560 g/mol. The predicted octanol–water partition coefficient (Wildman–Crippen LogP) is 7.77. The van der Waals surface area contributed by atoms with Gasteiger partial charge in [-0.05, 0) is 67.3 Å². The number of nitrogens with one attached hydrogen (secondary N) is 2. The van der Waals surface area contributed by atoms with E-state index in [1.54, 1.807) is 10.9 Å². The average molecular weight is 601 g/mol. The molecule has 1 aliphatic rings. The van der Waals surface area contributed by atoms with Crippen molar-refractivity contribution < 1.29 is 9.59 Å². The molecule has 45 heavy (non-hydrogen) atoms. The van der Waals surface area contributed by atoms with Crippen LogP contribution in [0, 0.1) is 12.8 Å². The molecule has 1 aliphatic heterocycles. The molecule has 8 heteroatoms. The number of pyridine rings is 1. The second kappa shape index (κ2) is 12.6. The molecule has 1 saturated heterocycles. The number of amides is 3. The van der Waals surface area contributed by atoms with Gasteiger partial charge in [-0.25, -0.2) is 9.48 Å². The summed E-state index contributed by atoms with van der Waals surface area (Å²) in [5, 5.41) is 12.9. The molecule has 6 rings (SSSR count). The van der Waals surface area contributed by atoms with E-state index in [9.17, 15) is 9.59 Å². The van der Waals surface area contributed by atoms with Crippen molar-refractivity contribution in [3.8, 4) is 5.69 Å². The first kappa shape index (κ1) is 30.1. The topological polar surface area (TPSA) is 92.2 Å². The number of nitrogens with zero attached hydrogens (tertiary/aromatic N) is 4. The summed E-state index contributed by atoms with van der Waals surface area (Å²) in [5.74, 6) is 0.998. The number of piperidine rings is 1. The largest absolute Gasteiger partial charge is 0.337 e. The Morgan fingerprint density at radius 2 is 1.60 bits per heavy atom. The number of hydrogen-bond acceptors (Lipinski definition) is 4. The van der Waals surface area contributed by atoms with Gasteiger partial charge >= 0.3 is 6.03 Å². The highest BCUT2D eigenvalue weighted by Gasteiger charge is 2.26. The molecule has 3 amide bonds. The Hall–Kier alpha value is -4.98. The Morgan fingerprint density at radius 3 is 2.36 bits per heavy atom. The highest BCUT2D eigenvalue weighted by molar-refractivity contribution is 6.05. The molecule has 2 N–H and O–H groups in total. The number of hydrogen-bond donors (Lipinski definition) is 2. The van der Waals surface area contributed by atoms with Gasteiger partial charge in [0.2, 0.25) is 0 Å². The van der Waals surface area contributed by atoms with Gasteiger partial charge in [0.1, 0.15) is 11.5 Å². The van der Waals surface area contributed by atoms with Crippen LogP contribution in [-0.2, 0) is 11.8 Å². The summed E-state index contributed by atoms with van der Waals surface area (Å²) >= 11 is 0. The van der Waals surface area contributed by atoms with E-state index in [2.05, 4.69) is 42.5 Å². The zero-order valence-electron chi connectivity index (χ0n) is 26.4. The molecule has 0 atom stereocenters. The van der Waals surface area contributed by atoms with E-state index in [0.717, 1.165) is 58.2 Å². The Kier molecular flexibility index (Phi) is 8.39. The first-order valence-corrected chi connectivity index (χ1v) is 15.6. The van der Waals surface area contributed by atoms with Crippen LogP contribution >= 0.6 is 0 Å². The quantitative estimate of drug-likeness (QED) is 0.208. The lowest BCUT2D eigenvalue weighted by Gasteiger charge is -2.32. The Labute approximate surface area is 264 Å². The van der Waals surface area contributed by atoms with Crippen LogP contribution in [0.25, 0.3) is 16.5 Å². The number of carbonyl (C=O) groups excluding carboxylic acids is 2. The lowest BCUT2D eigenvalue weighted by Crippen LogP contribution is -2.39. The van der Waals surface area contributed by atoms with Crippen LogP contribution in [0.2, 0.25) is 0 Å². The average Bonchev–Trinajstić information content (AvgIpc) is 3.46. The summed E-state index contributed by atoms with van der Waals surface area (Å²) in [6.45, 7) is 9.73. The summed E-state index contributed by atoms with van der Waals surface area (Å²) in [5.41, 5.74) is 5.13. The molecule has 5 aromatic rings. The minimum Gasteiger partial charge on any atom is -0.337 e. The van der Waals surface area contributed by atoms with Crippen LogP contribution < -0.4 is 10.6 Å². The number of anilines is 2. The van der Waals surface area contributed by atoms with Gasteiger partial charge in [-0.3, -0.25) is 15.1 Å². The smallest absolute Gasteiger partial charge is 0.324 e. The number of aryl methyl sites for hydroxylation is 1. The molecule has 2 aromatic heterocycles. The van der Waals surface area contributed by atoms with E-state index in [1.807, 2.05) is 90.7 Å². The van der Waals surface area contributed by atoms with Crippen molar-refractivity contribution in [2.75, 3.05) is 23.7 Å². The van der Waals surface area contributed by atoms with Gasteiger partial charge in [0.15, 0.2) is 0 Å². The maximum atomic E-state index is 13.4. The van der Waals surface area contributed by atoms with Crippen LogP contribution in [0.15, 0.2) is 91.1 Å². The fourth-order valence-electron chi connectivity index (χ4n) is 5.90. The van der Waals surface area contributed by atoms with Crippen molar-refractivity contribution in [3.63, 3.8) is 0 Å². The van der Waals surface area contributed by atoms with E-state index in [-0.39, 0.29) is 17.4 Å². The number of urea groups is 1. The van der Waals surface area contributed by atoms with E-state index >= 15 is 0 Å². The van der Waals surface area contributed by atoms with Crippen molar-refractivity contribution in [2.45, 2.75) is 52.4 Å². The molecule has 0 spiro atoms. The van der Waals surface area contributed by atoms with Crippen molar-refractivity contribution >= 4 is 34.2 Å². The summed E-state index contributed by atoms with van der Waals surface area (Å²) in [6.07, 6.45) is 4.31. The predicted molar refractivity (Wildman–Crippen MR) is 180 cm³/mol. The Bertz CT molecular complexity index is 1820. The van der Waals surface area contributed by atoms with Gasteiger partial charge in [-0.1, -0.05) is 80.9 Å². The molecule has 0 bridgehead atoms. The number of likely N-dealkylation sites (tertiary alicyclic amines) is 1. The van der Waals surface area contributed by atoms with Crippen molar-refractivity contribution in [3.05, 3.63) is 114 Å². The van der Waals surface area contributed by atoms with E-state index in [1.165, 1.54) is 0 Å². The molecular formula is C37H40N6O2. The number of fused-ring (bicyclic) bond motifs is 1. The maximum Gasteiger partial charge on any atom is 0.324 e. The molecule has 0 unspecified atom stereocenters. The number of benzene rings is 3. The Morgan fingerprint density at radius 1 is 0.889 bits per heavy atom. The third-order valence-corrected chi connectivity index (χ3v) is 8.55. The zero-order chi connectivity index (χ0) is 31.6. The van der Waals surface area contributed by atoms with Crippen LogP contribution in [0.1, 0.15) is 60.9 Å². The van der Waals surface area contributed by atoms with Gasteiger partial charge in [-0.2, -0.15) is 5.10 Å². The number of rotatable bonds is 6. The maximum absolute atomic E-state index is 13.4. The summed E-state index contributed by atoms with van der Waals surface area (Å²) in [7, 11) is 0. The summed E-state index contributed by atoms with van der Waals surface area (Å²) in [4.78, 5) is 33.1. The number of carbonyl (C=O) groups is 2.